The van der Waals surface area contributed by atoms with Crippen LogP contribution in [0.2, 0.25) is 10.0 Å². The summed E-state index contributed by atoms with van der Waals surface area (Å²) in [7, 11) is 0. The van der Waals surface area contributed by atoms with Crippen LogP contribution in [-0.4, -0.2) is 10.2 Å². The monoisotopic (exact) mass is 412 g/mol. The number of rotatable bonds is 4. The zero-order valence-electron chi connectivity index (χ0n) is 14.0. The molecule has 1 heterocycles. The fraction of sp³-hybridized carbons (Fsp3) is 0.158. The Morgan fingerprint density at radius 2 is 1.63 bits per heavy atom. The molecule has 0 aliphatic heterocycles. The van der Waals surface area contributed by atoms with E-state index in [0.717, 1.165) is 12.1 Å². The van der Waals surface area contributed by atoms with Gasteiger partial charge in [-0.3, -0.25) is 0 Å². The van der Waals surface area contributed by atoms with E-state index in [-0.39, 0.29) is 12.5 Å². The summed E-state index contributed by atoms with van der Waals surface area (Å²) in [5, 5.41) is 8.75. The highest BCUT2D eigenvalue weighted by atomic mass is 35.5. The Kier molecular flexibility index (Phi) is 5.58. The molecule has 0 saturated heterocycles. The van der Waals surface area contributed by atoms with Crippen LogP contribution in [0.4, 0.5) is 13.2 Å². The van der Waals surface area contributed by atoms with Crippen molar-refractivity contribution in [2.45, 2.75) is 19.7 Å². The maximum Gasteiger partial charge on any atom is 0.416 e. The molecule has 0 saturated carbocycles. The van der Waals surface area contributed by atoms with Gasteiger partial charge >= 0.3 is 6.18 Å². The van der Waals surface area contributed by atoms with Gasteiger partial charge in [-0.05, 0) is 42.8 Å². The van der Waals surface area contributed by atoms with Crippen molar-refractivity contribution in [3.63, 3.8) is 0 Å². The highest BCUT2D eigenvalue weighted by Crippen LogP contribution is 2.35. The molecule has 0 radical (unpaired) electrons. The molecule has 0 aliphatic rings. The van der Waals surface area contributed by atoms with E-state index in [1.54, 1.807) is 37.3 Å². The maximum atomic E-state index is 13.0. The van der Waals surface area contributed by atoms with Crippen LogP contribution in [-0.2, 0) is 12.8 Å². The average molecular weight is 413 g/mol. The van der Waals surface area contributed by atoms with E-state index in [1.165, 1.54) is 6.07 Å². The Labute approximate surface area is 163 Å². The summed E-state index contributed by atoms with van der Waals surface area (Å²) in [4.78, 5) is 0. The van der Waals surface area contributed by atoms with E-state index in [9.17, 15) is 13.2 Å². The predicted molar refractivity (Wildman–Crippen MR) is 98.0 cm³/mol. The first-order valence-electron chi connectivity index (χ1n) is 7.83. The average Bonchev–Trinajstić information content (AvgIpc) is 2.61. The Bertz CT molecular complexity index is 957. The van der Waals surface area contributed by atoms with Crippen molar-refractivity contribution in [3.8, 4) is 17.0 Å². The number of ether oxygens (including phenoxy) is 1. The van der Waals surface area contributed by atoms with Gasteiger partial charge in [-0.15, -0.1) is 5.10 Å². The smallest absolute Gasteiger partial charge is 0.416 e. The third-order valence-corrected chi connectivity index (χ3v) is 4.51. The highest BCUT2D eigenvalue weighted by Gasteiger charge is 2.30. The van der Waals surface area contributed by atoms with Crippen molar-refractivity contribution in [3.05, 3.63) is 75.4 Å². The maximum absolute atomic E-state index is 13.0. The number of halogens is 5. The molecule has 0 aliphatic carbocycles. The van der Waals surface area contributed by atoms with Gasteiger partial charge < -0.3 is 4.74 Å². The van der Waals surface area contributed by atoms with Crippen LogP contribution < -0.4 is 4.74 Å². The van der Waals surface area contributed by atoms with Crippen LogP contribution in [0, 0.1) is 6.92 Å². The molecule has 2 aromatic carbocycles. The van der Waals surface area contributed by atoms with Gasteiger partial charge in [0.2, 0.25) is 5.88 Å². The van der Waals surface area contributed by atoms with Crippen molar-refractivity contribution in [1.82, 2.24) is 10.2 Å². The SMILES string of the molecule is Cc1cc(-c2cccc(C(F)(F)F)c2)c(OCc2c(Cl)cccc2Cl)nn1. The van der Waals surface area contributed by atoms with Gasteiger partial charge in [0.1, 0.15) is 6.61 Å². The lowest BCUT2D eigenvalue weighted by Gasteiger charge is -2.13. The third-order valence-electron chi connectivity index (χ3n) is 3.80. The van der Waals surface area contributed by atoms with E-state index >= 15 is 0 Å². The highest BCUT2D eigenvalue weighted by molar-refractivity contribution is 6.35. The molecule has 0 unspecified atom stereocenters. The minimum atomic E-state index is -4.45. The van der Waals surface area contributed by atoms with Crippen molar-refractivity contribution < 1.29 is 17.9 Å². The molecule has 8 heteroatoms. The molecule has 27 heavy (non-hydrogen) atoms. The van der Waals surface area contributed by atoms with E-state index in [1.807, 2.05) is 0 Å². The normalized spacial score (nSPS) is 11.5. The number of alkyl halides is 3. The molecule has 1 aromatic heterocycles. The molecular weight excluding hydrogens is 400 g/mol. The quantitative estimate of drug-likeness (QED) is 0.500. The van der Waals surface area contributed by atoms with E-state index in [4.69, 9.17) is 27.9 Å². The van der Waals surface area contributed by atoms with Crippen LogP contribution in [0.15, 0.2) is 48.5 Å². The van der Waals surface area contributed by atoms with Crippen molar-refractivity contribution in [1.29, 1.82) is 0 Å². The van der Waals surface area contributed by atoms with E-state index in [2.05, 4.69) is 10.2 Å². The molecule has 3 nitrogen and oxygen atoms in total. The molecular formula is C19H13Cl2F3N2O. The van der Waals surface area contributed by atoms with Gasteiger partial charge in [-0.1, -0.05) is 41.4 Å². The van der Waals surface area contributed by atoms with Gasteiger partial charge in [0.15, 0.2) is 0 Å². The number of hydrogen-bond acceptors (Lipinski definition) is 3. The van der Waals surface area contributed by atoms with Crippen molar-refractivity contribution in [2.75, 3.05) is 0 Å². The number of hydrogen-bond donors (Lipinski definition) is 0. The van der Waals surface area contributed by atoms with Gasteiger partial charge in [-0.2, -0.15) is 18.3 Å². The Hall–Kier alpha value is -2.31. The Balaban J connectivity index is 1.97. The standard InChI is InChI=1S/C19H13Cl2F3N2O/c1-11-8-14(12-4-2-5-13(9-12)19(22,23)24)18(26-25-11)27-10-15-16(20)6-3-7-17(15)21/h2-9H,10H2,1H3. The molecule has 0 bridgehead atoms. The molecule has 0 N–H and O–H groups in total. The predicted octanol–water partition coefficient (Wildman–Crippen LogP) is 6.36. The summed E-state index contributed by atoms with van der Waals surface area (Å²) in [5.74, 6) is 0.0934. The fourth-order valence-corrected chi connectivity index (χ4v) is 2.97. The summed E-state index contributed by atoms with van der Waals surface area (Å²) < 4.78 is 44.8. The van der Waals surface area contributed by atoms with Crippen LogP contribution in [0.1, 0.15) is 16.8 Å². The fourth-order valence-electron chi connectivity index (χ4n) is 2.46. The van der Waals surface area contributed by atoms with Gasteiger partial charge in [0.25, 0.3) is 0 Å². The summed E-state index contributed by atoms with van der Waals surface area (Å²) >= 11 is 12.2. The largest absolute Gasteiger partial charge is 0.471 e. The first-order valence-corrected chi connectivity index (χ1v) is 8.59. The number of benzene rings is 2. The topological polar surface area (TPSA) is 35.0 Å². The second-order valence-electron chi connectivity index (χ2n) is 5.77. The summed E-state index contributed by atoms with van der Waals surface area (Å²) in [6, 6.07) is 11.6. The number of aryl methyl sites for hydroxylation is 1. The minimum Gasteiger partial charge on any atom is -0.471 e. The van der Waals surface area contributed by atoms with Gasteiger partial charge in [0, 0.05) is 21.2 Å². The zero-order chi connectivity index (χ0) is 19.6. The number of nitrogens with zero attached hydrogens (tertiary/aromatic N) is 2. The molecule has 0 spiro atoms. The van der Waals surface area contributed by atoms with Gasteiger partial charge in [-0.25, -0.2) is 0 Å². The first kappa shape index (κ1) is 19.5. The lowest BCUT2D eigenvalue weighted by Crippen LogP contribution is -2.05. The van der Waals surface area contributed by atoms with Crippen molar-refractivity contribution >= 4 is 23.2 Å². The summed E-state index contributed by atoms with van der Waals surface area (Å²) in [6.45, 7) is 1.70. The third kappa shape index (κ3) is 4.51. The molecule has 0 amide bonds. The van der Waals surface area contributed by atoms with E-state index in [0.29, 0.717) is 32.4 Å². The second-order valence-corrected chi connectivity index (χ2v) is 6.59. The molecule has 3 rings (SSSR count). The van der Waals surface area contributed by atoms with Crippen LogP contribution in [0.25, 0.3) is 11.1 Å². The lowest BCUT2D eigenvalue weighted by atomic mass is 10.0. The molecule has 140 valence electrons. The Morgan fingerprint density at radius 1 is 0.963 bits per heavy atom. The second kappa shape index (κ2) is 7.74. The van der Waals surface area contributed by atoms with E-state index < -0.39 is 11.7 Å². The van der Waals surface area contributed by atoms with Crippen LogP contribution in [0.3, 0.4) is 0 Å². The number of aromatic nitrogens is 2. The molecule has 0 fully saturated rings. The summed E-state index contributed by atoms with van der Waals surface area (Å²) in [5.41, 5.74) is 1.07. The zero-order valence-corrected chi connectivity index (χ0v) is 15.5. The molecule has 3 aromatic rings. The summed E-state index contributed by atoms with van der Waals surface area (Å²) in [6.07, 6.45) is -4.45. The van der Waals surface area contributed by atoms with Gasteiger partial charge in [0.05, 0.1) is 11.3 Å². The van der Waals surface area contributed by atoms with Crippen molar-refractivity contribution in [2.24, 2.45) is 0 Å². The van der Waals surface area contributed by atoms with Crippen LogP contribution >= 0.6 is 23.2 Å². The molecule has 0 atom stereocenters. The first-order chi connectivity index (χ1) is 12.8. The Morgan fingerprint density at radius 3 is 2.30 bits per heavy atom. The minimum absolute atomic E-state index is 0.00219. The van der Waals surface area contributed by atoms with Crippen LogP contribution in [0.5, 0.6) is 5.88 Å². The lowest BCUT2D eigenvalue weighted by molar-refractivity contribution is -0.137.